The molecule has 0 unspecified atom stereocenters. The van der Waals surface area contributed by atoms with Crippen LogP contribution in [0.5, 0.6) is 0 Å². The molecule has 1 aromatic heterocycles. The lowest BCUT2D eigenvalue weighted by Gasteiger charge is -2.36. The largest absolute Gasteiger partial charge is 0.345 e. The molecule has 1 aromatic carbocycles. The van der Waals surface area contributed by atoms with Gasteiger partial charge in [-0.25, -0.2) is 9.78 Å². The number of aryl methyl sites for hydroxylation is 1. The van der Waals surface area contributed by atoms with Gasteiger partial charge in [-0.1, -0.05) is 24.3 Å². The molecular weight excluding hydrogens is 320 g/mol. The molecule has 1 saturated heterocycles. The molecule has 1 aliphatic heterocycles. The average Bonchev–Trinajstić information content (AvgIpc) is 2.96. The Morgan fingerprint density at radius 1 is 1.25 bits per heavy atom. The van der Waals surface area contributed by atoms with Gasteiger partial charge in [-0.2, -0.15) is 0 Å². The Hall–Kier alpha value is -1.82. The molecule has 2 amide bonds. The Morgan fingerprint density at radius 3 is 2.58 bits per heavy atom. The van der Waals surface area contributed by atoms with Crippen LogP contribution in [0.3, 0.4) is 0 Å². The maximum Gasteiger partial charge on any atom is 0.317 e. The molecule has 6 heteroatoms. The number of nitrogens with zero attached hydrogens (tertiary/aromatic N) is 3. The number of hydrogen-bond acceptors (Lipinski definition) is 4. The summed E-state index contributed by atoms with van der Waals surface area (Å²) < 4.78 is 1.25. The predicted octanol–water partition coefficient (Wildman–Crippen LogP) is 3.49. The van der Waals surface area contributed by atoms with Gasteiger partial charge in [0, 0.05) is 31.7 Å². The van der Waals surface area contributed by atoms with Gasteiger partial charge in [-0.05, 0) is 44.9 Å². The van der Waals surface area contributed by atoms with Crippen molar-refractivity contribution in [2.75, 3.05) is 31.1 Å². The van der Waals surface area contributed by atoms with Crippen molar-refractivity contribution in [3.05, 3.63) is 23.8 Å². The van der Waals surface area contributed by atoms with Crippen LogP contribution < -0.4 is 10.2 Å². The first-order valence-electron chi connectivity index (χ1n) is 8.57. The van der Waals surface area contributed by atoms with Crippen LogP contribution in [0, 0.1) is 0 Å². The minimum Gasteiger partial charge on any atom is -0.345 e. The fourth-order valence-electron chi connectivity index (χ4n) is 2.81. The lowest BCUT2D eigenvalue weighted by atomic mass is 10.1. The molecule has 24 heavy (non-hydrogen) atoms. The van der Waals surface area contributed by atoms with Gasteiger partial charge in [0.05, 0.1) is 10.2 Å². The summed E-state index contributed by atoms with van der Waals surface area (Å²) in [5.41, 5.74) is 2.22. The van der Waals surface area contributed by atoms with Crippen LogP contribution >= 0.6 is 11.3 Å². The summed E-state index contributed by atoms with van der Waals surface area (Å²) >= 11 is 1.75. The zero-order chi connectivity index (χ0) is 17.3. The third kappa shape index (κ3) is 3.80. The van der Waals surface area contributed by atoms with Crippen LogP contribution in [0.25, 0.3) is 10.2 Å². The zero-order valence-corrected chi connectivity index (χ0v) is 15.7. The predicted molar refractivity (Wildman–Crippen MR) is 101 cm³/mol. The highest BCUT2D eigenvalue weighted by atomic mass is 32.1. The Balaban J connectivity index is 1.65. The van der Waals surface area contributed by atoms with E-state index in [1.165, 1.54) is 10.3 Å². The number of benzene rings is 1. The maximum atomic E-state index is 12.3. The average molecular weight is 347 g/mol. The van der Waals surface area contributed by atoms with E-state index in [2.05, 4.69) is 35.3 Å². The number of aromatic nitrogens is 1. The summed E-state index contributed by atoms with van der Waals surface area (Å²) in [6.07, 6.45) is 1.05. The topological polar surface area (TPSA) is 48.5 Å². The van der Waals surface area contributed by atoms with Crippen molar-refractivity contribution in [1.82, 2.24) is 15.2 Å². The molecule has 1 fully saturated rings. The molecule has 0 spiro atoms. The number of fused-ring (bicyclic) bond motifs is 1. The van der Waals surface area contributed by atoms with Crippen molar-refractivity contribution in [2.24, 2.45) is 0 Å². The summed E-state index contributed by atoms with van der Waals surface area (Å²) in [5, 5.41) is 4.10. The molecule has 1 N–H and O–H groups in total. The number of urea groups is 1. The summed E-state index contributed by atoms with van der Waals surface area (Å²) in [7, 11) is 0. The second-order valence-electron chi connectivity index (χ2n) is 7.31. The molecule has 2 aromatic rings. The first-order chi connectivity index (χ1) is 11.4. The normalized spacial score (nSPS) is 15.8. The highest BCUT2D eigenvalue weighted by Gasteiger charge is 2.25. The number of anilines is 1. The summed E-state index contributed by atoms with van der Waals surface area (Å²) in [4.78, 5) is 21.2. The Morgan fingerprint density at radius 2 is 1.96 bits per heavy atom. The number of carbonyl (C=O) groups is 1. The highest BCUT2D eigenvalue weighted by Crippen LogP contribution is 2.30. The minimum atomic E-state index is -0.196. The molecule has 0 atom stereocenters. The Kier molecular flexibility index (Phi) is 4.67. The van der Waals surface area contributed by atoms with Crippen LogP contribution in [-0.4, -0.2) is 47.6 Å². The number of thiazole rings is 1. The SMILES string of the molecule is CCc1ccc2nc(N3CCN(C(=O)NC(C)(C)C)CC3)sc2c1. The van der Waals surface area contributed by atoms with Gasteiger partial charge < -0.3 is 15.1 Å². The van der Waals surface area contributed by atoms with E-state index in [0.717, 1.165) is 43.2 Å². The first kappa shape index (κ1) is 17.0. The van der Waals surface area contributed by atoms with E-state index < -0.39 is 0 Å². The third-order valence-electron chi connectivity index (χ3n) is 4.17. The Bertz CT molecular complexity index is 726. The molecule has 0 saturated carbocycles. The molecule has 130 valence electrons. The molecule has 0 aliphatic carbocycles. The van der Waals surface area contributed by atoms with Crippen LogP contribution in [0.15, 0.2) is 18.2 Å². The molecule has 1 aliphatic rings. The van der Waals surface area contributed by atoms with E-state index in [1.807, 2.05) is 25.7 Å². The second-order valence-corrected chi connectivity index (χ2v) is 8.32. The zero-order valence-electron chi connectivity index (χ0n) is 14.9. The number of nitrogens with one attached hydrogen (secondary N) is 1. The molecule has 5 nitrogen and oxygen atoms in total. The van der Waals surface area contributed by atoms with Crippen molar-refractivity contribution in [3.8, 4) is 0 Å². The number of amides is 2. The number of rotatable bonds is 2. The van der Waals surface area contributed by atoms with E-state index in [-0.39, 0.29) is 11.6 Å². The molecule has 2 heterocycles. The van der Waals surface area contributed by atoms with Gasteiger partial charge in [0.2, 0.25) is 0 Å². The molecule has 0 radical (unpaired) electrons. The number of carbonyl (C=O) groups excluding carboxylic acids is 1. The lowest BCUT2D eigenvalue weighted by molar-refractivity contribution is 0.185. The fraction of sp³-hybridized carbons (Fsp3) is 0.556. The summed E-state index contributed by atoms with van der Waals surface area (Å²) in [6, 6.07) is 6.53. The van der Waals surface area contributed by atoms with Crippen molar-refractivity contribution in [1.29, 1.82) is 0 Å². The van der Waals surface area contributed by atoms with Crippen molar-refractivity contribution < 1.29 is 4.79 Å². The molecule has 3 rings (SSSR count). The molecule has 0 bridgehead atoms. The molecular formula is C18H26N4OS. The van der Waals surface area contributed by atoms with E-state index in [1.54, 1.807) is 11.3 Å². The number of piperazine rings is 1. The maximum absolute atomic E-state index is 12.3. The van der Waals surface area contributed by atoms with Crippen LogP contribution in [0.1, 0.15) is 33.3 Å². The minimum absolute atomic E-state index is 0.0269. The first-order valence-corrected chi connectivity index (χ1v) is 9.39. The van der Waals surface area contributed by atoms with E-state index >= 15 is 0 Å². The highest BCUT2D eigenvalue weighted by molar-refractivity contribution is 7.22. The third-order valence-corrected chi connectivity index (χ3v) is 5.25. The fourth-order valence-corrected chi connectivity index (χ4v) is 3.89. The number of hydrogen-bond donors (Lipinski definition) is 1. The van der Waals surface area contributed by atoms with Gasteiger partial charge in [0.25, 0.3) is 0 Å². The Labute approximate surface area is 147 Å². The van der Waals surface area contributed by atoms with E-state index in [0.29, 0.717) is 0 Å². The van der Waals surface area contributed by atoms with Gasteiger partial charge in [0.15, 0.2) is 5.13 Å². The monoisotopic (exact) mass is 346 g/mol. The van der Waals surface area contributed by atoms with Crippen molar-refractivity contribution in [2.45, 2.75) is 39.7 Å². The van der Waals surface area contributed by atoms with Crippen LogP contribution in [-0.2, 0) is 6.42 Å². The van der Waals surface area contributed by atoms with Gasteiger partial charge >= 0.3 is 6.03 Å². The lowest BCUT2D eigenvalue weighted by Crippen LogP contribution is -2.55. The van der Waals surface area contributed by atoms with Crippen LogP contribution in [0.4, 0.5) is 9.93 Å². The van der Waals surface area contributed by atoms with Gasteiger partial charge in [0.1, 0.15) is 0 Å². The van der Waals surface area contributed by atoms with Crippen LogP contribution in [0.2, 0.25) is 0 Å². The van der Waals surface area contributed by atoms with Gasteiger partial charge in [-0.15, -0.1) is 0 Å². The van der Waals surface area contributed by atoms with Crippen molar-refractivity contribution in [3.63, 3.8) is 0 Å². The quantitative estimate of drug-likeness (QED) is 0.905. The van der Waals surface area contributed by atoms with Gasteiger partial charge in [-0.3, -0.25) is 0 Å². The standard InChI is InChI=1S/C18H26N4OS/c1-5-13-6-7-14-15(12-13)24-17(19-14)22-10-8-21(9-11-22)16(23)20-18(2,3)4/h6-7,12H,5,8-11H2,1-4H3,(H,20,23). The summed E-state index contributed by atoms with van der Waals surface area (Å²) in [6.45, 7) is 11.3. The smallest absolute Gasteiger partial charge is 0.317 e. The van der Waals surface area contributed by atoms with Crippen molar-refractivity contribution >= 4 is 32.7 Å². The second kappa shape index (κ2) is 6.59. The van der Waals surface area contributed by atoms with E-state index in [9.17, 15) is 4.79 Å². The summed E-state index contributed by atoms with van der Waals surface area (Å²) in [5.74, 6) is 0. The van der Waals surface area contributed by atoms with E-state index in [4.69, 9.17) is 4.98 Å².